The van der Waals surface area contributed by atoms with Crippen molar-refractivity contribution in [2.45, 2.75) is 13.0 Å². The number of rotatable bonds is 4. The van der Waals surface area contributed by atoms with E-state index < -0.39 is 0 Å². The van der Waals surface area contributed by atoms with Crippen LogP contribution < -0.4 is 10.6 Å². The Morgan fingerprint density at radius 1 is 1.13 bits per heavy atom. The van der Waals surface area contributed by atoms with E-state index in [9.17, 15) is 9.18 Å². The van der Waals surface area contributed by atoms with E-state index in [1.807, 2.05) is 37.3 Å². The molecule has 0 saturated heterocycles. The molecule has 5 heteroatoms. The van der Waals surface area contributed by atoms with Crippen molar-refractivity contribution in [1.29, 1.82) is 0 Å². The minimum atomic E-state index is -0.341. The predicted molar refractivity (Wildman–Crippen MR) is 94.2 cm³/mol. The van der Waals surface area contributed by atoms with Gasteiger partial charge in [0, 0.05) is 6.08 Å². The molecule has 0 aliphatic rings. The Hall–Kier alpha value is -2.53. The summed E-state index contributed by atoms with van der Waals surface area (Å²) >= 11 is 5.13. The molecule has 23 heavy (non-hydrogen) atoms. The van der Waals surface area contributed by atoms with Crippen molar-refractivity contribution in [2.75, 3.05) is 0 Å². The van der Waals surface area contributed by atoms with Crippen molar-refractivity contribution in [3.8, 4) is 0 Å². The molecule has 1 atom stereocenters. The minimum absolute atomic E-state index is 0.00919. The number of carbonyl (C=O) groups is 1. The van der Waals surface area contributed by atoms with Crippen LogP contribution in [0.25, 0.3) is 6.08 Å². The van der Waals surface area contributed by atoms with E-state index in [0.717, 1.165) is 11.1 Å². The molecular weight excluding hydrogens is 311 g/mol. The smallest absolute Gasteiger partial charge is 0.250 e. The molecule has 0 aliphatic carbocycles. The number of benzene rings is 2. The molecule has 0 bridgehead atoms. The van der Waals surface area contributed by atoms with Gasteiger partial charge in [0.2, 0.25) is 5.91 Å². The van der Waals surface area contributed by atoms with Gasteiger partial charge in [0.05, 0.1) is 6.04 Å². The van der Waals surface area contributed by atoms with Crippen LogP contribution in [0.1, 0.15) is 24.1 Å². The van der Waals surface area contributed by atoms with Crippen molar-refractivity contribution < 1.29 is 9.18 Å². The molecule has 0 radical (unpaired) electrons. The number of hydrogen-bond acceptors (Lipinski definition) is 2. The molecule has 2 rings (SSSR count). The van der Waals surface area contributed by atoms with Crippen molar-refractivity contribution in [3.63, 3.8) is 0 Å². The topological polar surface area (TPSA) is 41.1 Å². The summed E-state index contributed by atoms with van der Waals surface area (Å²) < 4.78 is 12.8. The molecule has 0 heterocycles. The van der Waals surface area contributed by atoms with Gasteiger partial charge in [0.1, 0.15) is 5.82 Å². The standard InChI is InChI=1S/C18H17FN2OS/c1-13(15-5-3-2-4-6-15)20-18(23)21-17(22)12-9-14-7-10-16(19)11-8-14/h2-13H,1H3,(H2,20,21,22,23). The van der Waals surface area contributed by atoms with Gasteiger partial charge in [0.25, 0.3) is 0 Å². The second-order valence-corrected chi connectivity index (χ2v) is 5.39. The third-order valence-corrected chi connectivity index (χ3v) is 3.40. The molecule has 2 N–H and O–H groups in total. The van der Waals surface area contributed by atoms with Gasteiger partial charge in [-0.05, 0) is 48.5 Å². The van der Waals surface area contributed by atoms with Crippen LogP contribution in [0.2, 0.25) is 0 Å². The zero-order chi connectivity index (χ0) is 16.7. The summed E-state index contributed by atoms with van der Waals surface area (Å²) in [7, 11) is 0. The van der Waals surface area contributed by atoms with Gasteiger partial charge in [-0.2, -0.15) is 0 Å². The van der Waals surface area contributed by atoms with E-state index in [1.165, 1.54) is 18.2 Å². The maximum absolute atomic E-state index is 12.8. The van der Waals surface area contributed by atoms with Crippen LogP contribution in [0, 0.1) is 5.82 Å². The van der Waals surface area contributed by atoms with E-state index in [-0.39, 0.29) is 22.9 Å². The van der Waals surface area contributed by atoms with E-state index in [0.29, 0.717) is 0 Å². The second-order valence-electron chi connectivity index (χ2n) is 4.98. The Bertz CT molecular complexity index is 699. The molecule has 0 aromatic heterocycles. The lowest BCUT2D eigenvalue weighted by atomic mass is 10.1. The molecule has 0 aliphatic heterocycles. The van der Waals surface area contributed by atoms with E-state index in [4.69, 9.17) is 12.2 Å². The number of hydrogen-bond donors (Lipinski definition) is 2. The molecule has 0 saturated carbocycles. The van der Waals surface area contributed by atoms with Gasteiger partial charge in [-0.25, -0.2) is 4.39 Å². The van der Waals surface area contributed by atoms with Crippen molar-refractivity contribution in [1.82, 2.24) is 10.6 Å². The SMILES string of the molecule is CC(NC(=S)NC(=O)C=Cc1ccc(F)cc1)c1ccccc1. The summed E-state index contributed by atoms with van der Waals surface area (Å²) in [4.78, 5) is 11.8. The highest BCUT2D eigenvalue weighted by Crippen LogP contribution is 2.10. The molecule has 1 unspecified atom stereocenters. The lowest BCUT2D eigenvalue weighted by Crippen LogP contribution is -2.39. The first kappa shape index (κ1) is 16.8. The third-order valence-electron chi connectivity index (χ3n) is 3.18. The maximum Gasteiger partial charge on any atom is 0.250 e. The Morgan fingerprint density at radius 2 is 1.78 bits per heavy atom. The summed E-state index contributed by atoms with van der Waals surface area (Å²) in [5.41, 5.74) is 1.81. The Balaban J connectivity index is 1.85. The first-order chi connectivity index (χ1) is 11.0. The average molecular weight is 328 g/mol. The van der Waals surface area contributed by atoms with Crippen LogP contribution in [-0.2, 0) is 4.79 Å². The molecular formula is C18H17FN2OS. The summed E-state index contributed by atoms with van der Waals surface area (Å²) in [5.74, 6) is -0.654. The van der Waals surface area contributed by atoms with E-state index in [1.54, 1.807) is 18.2 Å². The highest BCUT2D eigenvalue weighted by molar-refractivity contribution is 7.80. The summed E-state index contributed by atoms with van der Waals surface area (Å²) in [5, 5.41) is 5.89. The Morgan fingerprint density at radius 3 is 2.43 bits per heavy atom. The van der Waals surface area contributed by atoms with Gasteiger partial charge < -0.3 is 5.32 Å². The Labute approximate surface area is 140 Å². The highest BCUT2D eigenvalue weighted by atomic mass is 32.1. The van der Waals surface area contributed by atoms with Crippen LogP contribution in [0.4, 0.5) is 4.39 Å². The largest absolute Gasteiger partial charge is 0.356 e. The molecule has 1 amide bonds. The fraction of sp³-hybridized carbons (Fsp3) is 0.111. The summed E-state index contributed by atoms with van der Waals surface area (Å²) in [6.45, 7) is 1.96. The van der Waals surface area contributed by atoms with Crippen LogP contribution in [0.5, 0.6) is 0 Å². The average Bonchev–Trinajstić information content (AvgIpc) is 2.55. The van der Waals surface area contributed by atoms with E-state index in [2.05, 4.69) is 10.6 Å². The van der Waals surface area contributed by atoms with Gasteiger partial charge in [0.15, 0.2) is 5.11 Å². The molecule has 0 fully saturated rings. The number of nitrogens with one attached hydrogen (secondary N) is 2. The first-order valence-electron chi connectivity index (χ1n) is 7.14. The predicted octanol–water partition coefficient (Wildman–Crippen LogP) is 3.59. The minimum Gasteiger partial charge on any atom is -0.356 e. The molecule has 2 aromatic carbocycles. The lowest BCUT2D eigenvalue weighted by Gasteiger charge is -2.16. The fourth-order valence-electron chi connectivity index (χ4n) is 1.96. The number of halogens is 1. The Kier molecular flexibility index (Phi) is 6.00. The highest BCUT2D eigenvalue weighted by Gasteiger charge is 2.07. The monoisotopic (exact) mass is 328 g/mol. The maximum atomic E-state index is 12.8. The van der Waals surface area contributed by atoms with Gasteiger partial charge in [-0.1, -0.05) is 42.5 Å². The molecule has 0 spiro atoms. The van der Waals surface area contributed by atoms with E-state index >= 15 is 0 Å². The second kappa shape index (κ2) is 8.19. The molecule has 3 nitrogen and oxygen atoms in total. The summed E-state index contributed by atoms with van der Waals surface area (Å²) in [6.07, 6.45) is 2.95. The fourth-order valence-corrected chi connectivity index (χ4v) is 2.23. The quantitative estimate of drug-likeness (QED) is 0.666. The number of thiocarbonyl (C=S) groups is 1. The lowest BCUT2D eigenvalue weighted by molar-refractivity contribution is -0.115. The van der Waals surface area contributed by atoms with Crippen molar-refractivity contribution >= 4 is 29.3 Å². The van der Waals surface area contributed by atoms with Crippen molar-refractivity contribution in [2.24, 2.45) is 0 Å². The summed E-state index contributed by atoms with van der Waals surface area (Å²) in [6, 6.07) is 15.6. The van der Waals surface area contributed by atoms with Gasteiger partial charge in [-0.3, -0.25) is 10.1 Å². The van der Waals surface area contributed by atoms with Crippen LogP contribution in [0.15, 0.2) is 60.7 Å². The van der Waals surface area contributed by atoms with Crippen LogP contribution >= 0.6 is 12.2 Å². The van der Waals surface area contributed by atoms with Gasteiger partial charge >= 0.3 is 0 Å². The normalized spacial score (nSPS) is 11.9. The molecule has 118 valence electrons. The van der Waals surface area contributed by atoms with Crippen LogP contribution in [0.3, 0.4) is 0 Å². The first-order valence-corrected chi connectivity index (χ1v) is 7.55. The number of carbonyl (C=O) groups excluding carboxylic acids is 1. The van der Waals surface area contributed by atoms with Gasteiger partial charge in [-0.15, -0.1) is 0 Å². The van der Waals surface area contributed by atoms with Crippen molar-refractivity contribution in [3.05, 3.63) is 77.6 Å². The zero-order valence-corrected chi connectivity index (χ0v) is 13.4. The van der Waals surface area contributed by atoms with Crippen LogP contribution in [-0.4, -0.2) is 11.0 Å². The third kappa shape index (κ3) is 5.64. The molecule has 2 aromatic rings. The number of amides is 1. The zero-order valence-electron chi connectivity index (χ0n) is 12.6.